The molecule has 1 aliphatic heterocycles. The third-order valence-corrected chi connectivity index (χ3v) is 4.53. The highest BCUT2D eigenvalue weighted by Crippen LogP contribution is 2.26. The largest absolute Gasteiger partial charge is 0.370 e. The van der Waals surface area contributed by atoms with Gasteiger partial charge in [0.15, 0.2) is 0 Å². The lowest BCUT2D eigenvalue weighted by atomic mass is 10.2. The first-order chi connectivity index (χ1) is 9.49. The van der Waals surface area contributed by atoms with E-state index in [1.165, 1.54) is 0 Å². The Bertz CT molecular complexity index is 487. The summed E-state index contributed by atoms with van der Waals surface area (Å²) in [4.78, 5) is 18.7. The molecule has 0 aliphatic carbocycles. The van der Waals surface area contributed by atoms with Gasteiger partial charge < -0.3 is 10.2 Å². The number of hydrogen-bond acceptors (Lipinski definition) is 4. The van der Waals surface area contributed by atoms with Gasteiger partial charge in [-0.25, -0.2) is 4.98 Å². The number of halogens is 1. The Labute approximate surface area is 129 Å². The number of carbonyl (C=O) groups is 1. The third kappa shape index (κ3) is 3.79. The number of amides is 1. The SMILES string of the molecule is CCNc1cc(C(=O)N2CC(C)SC(C)C2)cc(Cl)n1. The van der Waals surface area contributed by atoms with Crippen LogP contribution in [0.3, 0.4) is 0 Å². The molecule has 6 heteroatoms. The smallest absolute Gasteiger partial charge is 0.254 e. The Morgan fingerprint density at radius 2 is 2.10 bits per heavy atom. The molecular weight excluding hydrogens is 294 g/mol. The molecule has 1 N–H and O–H groups in total. The van der Waals surface area contributed by atoms with Crippen LogP contribution in [-0.4, -0.2) is 45.9 Å². The van der Waals surface area contributed by atoms with Crippen molar-refractivity contribution < 1.29 is 4.79 Å². The number of pyridine rings is 1. The van der Waals surface area contributed by atoms with E-state index in [0.717, 1.165) is 19.6 Å². The van der Waals surface area contributed by atoms with Gasteiger partial charge in [0, 0.05) is 35.7 Å². The minimum absolute atomic E-state index is 0.0347. The molecule has 2 rings (SSSR count). The highest BCUT2D eigenvalue weighted by molar-refractivity contribution is 8.00. The Balaban J connectivity index is 2.19. The minimum Gasteiger partial charge on any atom is -0.370 e. The number of hydrogen-bond donors (Lipinski definition) is 1. The summed E-state index contributed by atoms with van der Waals surface area (Å²) in [5, 5.41) is 4.37. The van der Waals surface area contributed by atoms with Crippen LogP contribution < -0.4 is 5.32 Å². The van der Waals surface area contributed by atoms with Crippen molar-refractivity contribution in [2.24, 2.45) is 0 Å². The molecule has 0 saturated carbocycles. The van der Waals surface area contributed by atoms with E-state index >= 15 is 0 Å². The normalized spacial score (nSPS) is 22.7. The van der Waals surface area contributed by atoms with Gasteiger partial charge in [0.1, 0.15) is 11.0 Å². The predicted molar refractivity (Wildman–Crippen MR) is 85.8 cm³/mol. The van der Waals surface area contributed by atoms with Crippen molar-refractivity contribution in [3.63, 3.8) is 0 Å². The van der Waals surface area contributed by atoms with Gasteiger partial charge in [0.25, 0.3) is 5.91 Å². The highest BCUT2D eigenvalue weighted by atomic mass is 35.5. The summed E-state index contributed by atoms with van der Waals surface area (Å²) in [5.74, 6) is 0.684. The number of thioether (sulfide) groups is 1. The summed E-state index contributed by atoms with van der Waals surface area (Å²) >= 11 is 7.93. The van der Waals surface area contributed by atoms with Crippen molar-refractivity contribution in [2.75, 3.05) is 25.0 Å². The molecule has 0 radical (unpaired) electrons. The summed E-state index contributed by atoms with van der Waals surface area (Å²) in [6.45, 7) is 8.60. The summed E-state index contributed by atoms with van der Waals surface area (Å²) in [6.07, 6.45) is 0. The van der Waals surface area contributed by atoms with Crippen molar-refractivity contribution in [3.8, 4) is 0 Å². The molecular formula is C14H20ClN3OS. The highest BCUT2D eigenvalue weighted by Gasteiger charge is 2.27. The Hall–Kier alpha value is -0.940. The van der Waals surface area contributed by atoms with E-state index < -0.39 is 0 Å². The number of carbonyl (C=O) groups excluding carboxylic acids is 1. The van der Waals surface area contributed by atoms with E-state index in [1.54, 1.807) is 12.1 Å². The van der Waals surface area contributed by atoms with E-state index in [4.69, 9.17) is 11.6 Å². The van der Waals surface area contributed by atoms with Crippen molar-refractivity contribution >= 4 is 35.1 Å². The molecule has 20 heavy (non-hydrogen) atoms. The number of rotatable bonds is 3. The Morgan fingerprint density at radius 1 is 1.45 bits per heavy atom. The summed E-state index contributed by atoms with van der Waals surface area (Å²) in [7, 11) is 0. The zero-order valence-corrected chi connectivity index (χ0v) is 13.6. The van der Waals surface area contributed by atoms with E-state index in [0.29, 0.717) is 27.0 Å². The van der Waals surface area contributed by atoms with Gasteiger partial charge in [-0.1, -0.05) is 25.4 Å². The molecule has 1 aliphatic rings. The first-order valence-corrected chi connectivity index (χ1v) is 8.18. The molecule has 4 nitrogen and oxygen atoms in total. The van der Waals surface area contributed by atoms with Crippen LogP contribution in [0.25, 0.3) is 0 Å². The van der Waals surface area contributed by atoms with Crippen LogP contribution in [0.1, 0.15) is 31.1 Å². The van der Waals surface area contributed by atoms with Crippen molar-refractivity contribution in [3.05, 3.63) is 22.8 Å². The zero-order valence-electron chi connectivity index (χ0n) is 12.0. The van der Waals surface area contributed by atoms with Crippen LogP contribution in [-0.2, 0) is 0 Å². The van der Waals surface area contributed by atoms with Gasteiger partial charge in [-0.15, -0.1) is 0 Å². The number of nitrogens with zero attached hydrogens (tertiary/aromatic N) is 2. The maximum Gasteiger partial charge on any atom is 0.254 e. The molecule has 0 spiro atoms. The van der Waals surface area contributed by atoms with Crippen LogP contribution in [0.5, 0.6) is 0 Å². The lowest BCUT2D eigenvalue weighted by Gasteiger charge is -2.34. The van der Waals surface area contributed by atoms with Crippen LogP contribution in [0.4, 0.5) is 5.82 Å². The molecule has 1 amide bonds. The maximum absolute atomic E-state index is 12.6. The molecule has 1 saturated heterocycles. The van der Waals surface area contributed by atoms with E-state index in [-0.39, 0.29) is 5.91 Å². The fourth-order valence-electron chi connectivity index (χ4n) is 2.42. The third-order valence-electron chi connectivity index (χ3n) is 3.11. The average Bonchev–Trinajstić information content (AvgIpc) is 2.36. The quantitative estimate of drug-likeness (QED) is 0.871. The predicted octanol–water partition coefficient (Wildman–Crippen LogP) is 3.13. The van der Waals surface area contributed by atoms with E-state index in [2.05, 4.69) is 24.1 Å². The number of nitrogens with one attached hydrogen (secondary N) is 1. The summed E-state index contributed by atoms with van der Waals surface area (Å²) < 4.78 is 0. The van der Waals surface area contributed by atoms with Gasteiger partial charge >= 0.3 is 0 Å². The van der Waals surface area contributed by atoms with Crippen LogP contribution in [0.2, 0.25) is 5.15 Å². The lowest BCUT2D eigenvalue weighted by molar-refractivity contribution is 0.0753. The van der Waals surface area contributed by atoms with Gasteiger partial charge in [-0.3, -0.25) is 4.79 Å². The number of anilines is 1. The first kappa shape index (κ1) is 15.4. The van der Waals surface area contributed by atoms with Gasteiger partial charge in [0.2, 0.25) is 0 Å². The van der Waals surface area contributed by atoms with E-state index in [9.17, 15) is 4.79 Å². The van der Waals surface area contributed by atoms with Crippen molar-refractivity contribution in [1.29, 1.82) is 0 Å². The van der Waals surface area contributed by atoms with Crippen LogP contribution in [0.15, 0.2) is 12.1 Å². The molecule has 1 fully saturated rings. The maximum atomic E-state index is 12.6. The molecule has 1 aromatic rings. The summed E-state index contributed by atoms with van der Waals surface area (Å²) in [5.41, 5.74) is 0.604. The van der Waals surface area contributed by atoms with Crippen molar-refractivity contribution in [1.82, 2.24) is 9.88 Å². The van der Waals surface area contributed by atoms with Crippen LogP contribution >= 0.6 is 23.4 Å². The topological polar surface area (TPSA) is 45.2 Å². The fourth-order valence-corrected chi connectivity index (χ4v) is 3.95. The van der Waals surface area contributed by atoms with E-state index in [1.807, 2.05) is 23.6 Å². The van der Waals surface area contributed by atoms with Crippen LogP contribution in [0, 0.1) is 0 Å². The number of aromatic nitrogens is 1. The van der Waals surface area contributed by atoms with Gasteiger partial charge in [-0.2, -0.15) is 11.8 Å². The Kier molecular flexibility index (Phi) is 5.16. The molecule has 2 heterocycles. The molecule has 0 bridgehead atoms. The molecule has 2 unspecified atom stereocenters. The minimum atomic E-state index is 0.0347. The molecule has 110 valence electrons. The molecule has 2 atom stereocenters. The van der Waals surface area contributed by atoms with Crippen molar-refractivity contribution in [2.45, 2.75) is 31.3 Å². The lowest BCUT2D eigenvalue weighted by Crippen LogP contribution is -2.44. The van der Waals surface area contributed by atoms with Gasteiger partial charge in [0.05, 0.1) is 0 Å². The Morgan fingerprint density at radius 3 is 2.70 bits per heavy atom. The summed E-state index contributed by atoms with van der Waals surface area (Å²) in [6, 6.07) is 3.41. The van der Waals surface area contributed by atoms with Gasteiger partial charge in [-0.05, 0) is 19.1 Å². The standard InChI is InChI=1S/C14H20ClN3OS/c1-4-16-13-6-11(5-12(15)17-13)14(19)18-7-9(2)20-10(3)8-18/h5-6,9-10H,4,7-8H2,1-3H3,(H,16,17). The second kappa shape index (κ2) is 6.68. The monoisotopic (exact) mass is 313 g/mol. The second-order valence-corrected chi connectivity index (χ2v) is 7.33. The average molecular weight is 314 g/mol. The molecule has 0 aromatic carbocycles. The zero-order chi connectivity index (χ0) is 14.7. The fraction of sp³-hybridized carbons (Fsp3) is 0.571. The molecule has 1 aromatic heterocycles. The second-order valence-electron chi connectivity index (χ2n) is 5.06. The first-order valence-electron chi connectivity index (χ1n) is 6.85.